The highest BCUT2D eigenvalue weighted by Gasteiger charge is 2.34. The molecule has 0 saturated carbocycles. The number of rotatable bonds is 29. The Bertz CT molecular complexity index is 2290. The molecule has 2 heterocycles. The summed E-state index contributed by atoms with van der Waals surface area (Å²) in [6, 6.07) is -3.58. The van der Waals surface area contributed by atoms with Crippen LogP contribution in [0.1, 0.15) is 74.6 Å². The van der Waals surface area contributed by atoms with E-state index in [2.05, 4.69) is 47.2 Å². The van der Waals surface area contributed by atoms with E-state index >= 15 is 0 Å². The van der Waals surface area contributed by atoms with Crippen LogP contribution in [0.4, 0.5) is 23.1 Å². The number of aromatic amines is 1. The van der Waals surface area contributed by atoms with Gasteiger partial charge in [0.2, 0.25) is 29.6 Å². The summed E-state index contributed by atoms with van der Waals surface area (Å²) in [4.78, 5) is 155. The molecular formula is C39H51N11O18. The summed E-state index contributed by atoms with van der Waals surface area (Å²) in [6.45, 7) is 0.655. The van der Waals surface area contributed by atoms with Gasteiger partial charge in [-0.3, -0.25) is 57.7 Å². The SMILES string of the molecule is Nc1nc2c(c(=O)[nH]1)NC(CNc1ccc(C(=O)N[C@@H](CCC(=O)O)C(=O)N[C@@H](CCC(=O)O)C(=O)N[C@@H](CCC(=O)O)C(=O)N[C@@H](CCC(=O)O)C(=O)N[C@@H](CCC(=O)O)C(=O)O)cc1)CN2. The average molecular weight is 962 g/mol. The fourth-order valence-corrected chi connectivity index (χ4v) is 6.33. The van der Waals surface area contributed by atoms with E-state index in [0.29, 0.717) is 12.2 Å². The predicted octanol–water partition coefficient (Wildman–Crippen LogP) is -2.88. The third-order valence-corrected chi connectivity index (χ3v) is 9.87. The lowest BCUT2D eigenvalue weighted by atomic mass is 10.0. The number of nitrogens with one attached hydrogen (secondary N) is 9. The molecule has 68 heavy (non-hydrogen) atoms. The molecule has 29 nitrogen and oxygen atoms in total. The molecule has 0 bridgehead atoms. The molecule has 1 unspecified atom stereocenters. The number of nitrogens with two attached hydrogens (primary N) is 1. The highest BCUT2D eigenvalue weighted by molar-refractivity contribution is 5.99. The Kier molecular flexibility index (Phi) is 20.4. The number of nitrogens with zero attached hydrogens (tertiary/aromatic N) is 1. The second kappa shape index (κ2) is 25.8. The van der Waals surface area contributed by atoms with Gasteiger partial charge in [-0.2, -0.15) is 4.98 Å². The van der Waals surface area contributed by atoms with Gasteiger partial charge in [0, 0.05) is 56.4 Å². The van der Waals surface area contributed by atoms with E-state index in [4.69, 9.17) is 10.8 Å². The quantitative estimate of drug-likeness (QED) is 0.0389. The number of amides is 5. The first-order chi connectivity index (χ1) is 32.0. The van der Waals surface area contributed by atoms with Crippen molar-refractivity contribution in [2.24, 2.45) is 0 Å². The number of aliphatic carboxylic acids is 6. The summed E-state index contributed by atoms with van der Waals surface area (Å²) >= 11 is 0. The molecule has 17 N–H and O–H groups in total. The number of aromatic nitrogens is 2. The Balaban J connectivity index is 1.77. The lowest BCUT2D eigenvalue weighted by Gasteiger charge is -2.27. The fourth-order valence-electron chi connectivity index (χ4n) is 6.33. The van der Waals surface area contributed by atoms with Crippen LogP contribution in [0.5, 0.6) is 0 Å². The average Bonchev–Trinajstić information content (AvgIpc) is 3.26. The van der Waals surface area contributed by atoms with Crippen LogP contribution in [-0.2, 0) is 47.9 Å². The van der Waals surface area contributed by atoms with Gasteiger partial charge >= 0.3 is 35.8 Å². The van der Waals surface area contributed by atoms with Crippen molar-refractivity contribution in [3.05, 3.63) is 40.2 Å². The van der Waals surface area contributed by atoms with E-state index < -0.39 is 165 Å². The number of H-pyrrole nitrogens is 1. The Morgan fingerprint density at radius 3 is 1.37 bits per heavy atom. The summed E-state index contributed by atoms with van der Waals surface area (Å²) in [5.74, 6) is -14.6. The smallest absolute Gasteiger partial charge is 0.326 e. The summed E-state index contributed by atoms with van der Waals surface area (Å²) in [5.41, 5.74) is 5.82. The van der Waals surface area contributed by atoms with Gasteiger partial charge in [0.05, 0.1) is 6.04 Å². The van der Waals surface area contributed by atoms with Gasteiger partial charge in [0.15, 0.2) is 5.82 Å². The molecule has 1 aromatic carbocycles. The lowest BCUT2D eigenvalue weighted by Crippen LogP contribution is -2.59. The van der Waals surface area contributed by atoms with Crippen LogP contribution in [-0.4, -0.2) is 155 Å². The Hall–Kier alpha value is -8.53. The zero-order valence-electron chi connectivity index (χ0n) is 35.9. The van der Waals surface area contributed by atoms with Crippen LogP contribution in [0.25, 0.3) is 0 Å². The second-order valence-electron chi connectivity index (χ2n) is 15.1. The molecule has 1 aliphatic heterocycles. The molecule has 0 radical (unpaired) electrons. The summed E-state index contributed by atoms with van der Waals surface area (Å²) < 4.78 is 0. The fraction of sp³-hybridized carbons (Fsp3) is 0.462. The molecule has 1 aliphatic rings. The highest BCUT2D eigenvalue weighted by Crippen LogP contribution is 2.20. The minimum atomic E-state index is -1.89. The van der Waals surface area contributed by atoms with Crippen molar-refractivity contribution >= 4 is 88.5 Å². The molecule has 0 saturated heterocycles. The van der Waals surface area contributed by atoms with Gasteiger partial charge < -0.3 is 78.9 Å². The van der Waals surface area contributed by atoms with Crippen molar-refractivity contribution in [2.75, 3.05) is 34.8 Å². The number of hydrogen-bond acceptors (Lipinski definition) is 17. The summed E-state index contributed by atoms with van der Waals surface area (Å²) in [7, 11) is 0. The molecule has 3 rings (SSSR count). The van der Waals surface area contributed by atoms with Gasteiger partial charge in [0.25, 0.3) is 11.5 Å². The predicted molar refractivity (Wildman–Crippen MR) is 231 cm³/mol. The maximum absolute atomic E-state index is 13.7. The molecule has 0 fully saturated rings. The molecule has 0 spiro atoms. The van der Waals surface area contributed by atoms with Crippen molar-refractivity contribution < 1.29 is 83.4 Å². The van der Waals surface area contributed by atoms with Crippen molar-refractivity contribution in [1.82, 2.24) is 36.6 Å². The van der Waals surface area contributed by atoms with Gasteiger partial charge in [0.1, 0.15) is 35.9 Å². The monoisotopic (exact) mass is 961 g/mol. The Labute approximate surface area is 383 Å². The third-order valence-electron chi connectivity index (χ3n) is 9.87. The van der Waals surface area contributed by atoms with E-state index in [0.717, 1.165) is 0 Å². The zero-order chi connectivity index (χ0) is 50.7. The second-order valence-corrected chi connectivity index (χ2v) is 15.1. The van der Waals surface area contributed by atoms with Crippen molar-refractivity contribution in [3.8, 4) is 0 Å². The minimum absolute atomic E-state index is 0.00760. The number of carboxylic acids is 6. The van der Waals surface area contributed by atoms with Crippen LogP contribution in [0.3, 0.4) is 0 Å². The topological polar surface area (TPSA) is 477 Å². The molecular weight excluding hydrogens is 910 g/mol. The van der Waals surface area contributed by atoms with E-state index in [-0.39, 0.29) is 35.6 Å². The number of fused-ring (bicyclic) bond motifs is 1. The van der Waals surface area contributed by atoms with E-state index in [1.54, 1.807) is 0 Å². The number of hydrogen-bond donors (Lipinski definition) is 16. The summed E-state index contributed by atoms with van der Waals surface area (Å²) in [6.07, 6.45) is -6.98. The van der Waals surface area contributed by atoms with Crippen LogP contribution in [0.15, 0.2) is 29.1 Å². The number of benzene rings is 1. The van der Waals surface area contributed by atoms with E-state index in [1.165, 1.54) is 24.3 Å². The maximum atomic E-state index is 13.7. The third kappa shape index (κ3) is 18.2. The number of anilines is 4. The normalized spacial score (nSPS) is 14.8. The van der Waals surface area contributed by atoms with Crippen molar-refractivity contribution in [2.45, 2.75) is 100 Å². The number of carbonyl (C=O) groups excluding carboxylic acids is 5. The molecule has 0 aliphatic carbocycles. The van der Waals surface area contributed by atoms with Gasteiger partial charge in [-0.05, 0) is 56.4 Å². The van der Waals surface area contributed by atoms with Gasteiger partial charge in [-0.25, -0.2) is 4.79 Å². The van der Waals surface area contributed by atoms with Crippen molar-refractivity contribution in [1.29, 1.82) is 0 Å². The first-order valence-electron chi connectivity index (χ1n) is 20.6. The number of carbonyl (C=O) groups is 11. The summed E-state index contributed by atoms with van der Waals surface area (Å²) in [5, 5.41) is 75.8. The minimum Gasteiger partial charge on any atom is -0.481 e. The highest BCUT2D eigenvalue weighted by atomic mass is 16.4. The standard InChI is InChI=1S/C39H51N11O18/c40-39-49-31-30(37(66)50-39)43-19(16-42-31)15-41-18-3-1-17(2-4-18)32(61)44-20(5-10-25(51)52)33(62)45-21(6-11-26(53)54)34(63)46-22(7-12-27(55)56)35(64)47-23(8-13-28(57)58)36(65)48-24(38(67)68)9-14-29(59)60/h1-4,19-24,41,43H,5-16H2,(H,44,61)(H,45,62)(H,46,63)(H,47,64)(H,48,65)(H,51,52)(H,53,54)(H,55,56)(H,57,58)(H,59,60)(H,67,68)(H4,40,42,49,50,66)/t19?,20-,21-,22-,23-,24-/m0/s1. The maximum Gasteiger partial charge on any atom is 0.326 e. The molecule has 2 aromatic rings. The Morgan fingerprint density at radius 2 is 0.971 bits per heavy atom. The molecule has 29 heteroatoms. The van der Waals surface area contributed by atoms with Crippen LogP contribution in [0.2, 0.25) is 0 Å². The first kappa shape index (κ1) is 53.8. The van der Waals surface area contributed by atoms with Crippen LogP contribution in [0, 0.1) is 0 Å². The molecule has 370 valence electrons. The van der Waals surface area contributed by atoms with E-state index in [9.17, 15) is 83.1 Å². The lowest BCUT2D eigenvalue weighted by molar-refractivity contribution is -0.144. The molecule has 5 amide bonds. The number of nitrogen functional groups attached to an aromatic ring is 1. The molecule has 1 aromatic heterocycles. The number of carboxylic acid groups (broad SMARTS) is 6. The van der Waals surface area contributed by atoms with Gasteiger partial charge in [-0.15, -0.1) is 0 Å². The molecule has 6 atom stereocenters. The van der Waals surface area contributed by atoms with Crippen LogP contribution < -0.4 is 53.8 Å². The zero-order valence-corrected chi connectivity index (χ0v) is 35.9. The van der Waals surface area contributed by atoms with Gasteiger partial charge in [-0.1, -0.05) is 0 Å². The Morgan fingerprint density at radius 1 is 0.588 bits per heavy atom. The van der Waals surface area contributed by atoms with Crippen LogP contribution >= 0.6 is 0 Å². The first-order valence-corrected chi connectivity index (χ1v) is 20.6. The van der Waals surface area contributed by atoms with E-state index in [1.807, 2.05) is 5.32 Å². The van der Waals surface area contributed by atoms with Crippen molar-refractivity contribution in [3.63, 3.8) is 0 Å². The largest absolute Gasteiger partial charge is 0.481 e.